The quantitative estimate of drug-likeness (QED) is 0.398. The molecule has 0 atom stereocenters. The molecular weight excluding hydrogens is 390 g/mol. The number of anilines is 1. The van der Waals surface area contributed by atoms with Crippen LogP contribution in [0.2, 0.25) is 0 Å². The Kier molecular flexibility index (Phi) is 5.72. The summed E-state index contributed by atoms with van der Waals surface area (Å²) in [6.45, 7) is 4.23. The molecule has 4 rings (SSSR count). The van der Waals surface area contributed by atoms with E-state index in [1.54, 1.807) is 11.0 Å². The van der Waals surface area contributed by atoms with E-state index in [4.69, 9.17) is 4.99 Å². The van der Waals surface area contributed by atoms with Gasteiger partial charge in [-0.25, -0.2) is 4.99 Å². The first-order valence-electron chi connectivity index (χ1n) is 9.73. The Morgan fingerprint density at radius 1 is 1.03 bits per heavy atom. The first kappa shape index (κ1) is 20.0. The molecule has 1 aliphatic rings. The Morgan fingerprint density at radius 3 is 2.50 bits per heavy atom. The molecule has 5 heteroatoms. The van der Waals surface area contributed by atoms with E-state index in [0.717, 1.165) is 27.7 Å². The number of aliphatic imine (C=N–C) groups is 1. The van der Waals surface area contributed by atoms with Crippen molar-refractivity contribution in [1.82, 2.24) is 4.90 Å². The number of amides is 1. The lowest BCUT2D eigenvalue weighted by molar-refractivity contribution is -0.121. The number of thioether (sulfide) groups is 1. The number of hydrogen-bond donors (Lipinski definition) is 0. The van der Waals surface area contributed by atoms with Crippen LogP contribution in [0.1, 0.15) is 5.56 Å². The molecule has 1 aliphatic heterocycles. The summed E-state index contributed by atoms with van der Waals surface area (Å²) < 4.78 is 0. The summed E-state index contributed by atoms with van der Waals surface area (Å²) in [5.41, 5.74) is 2.96. The molecule has 1 heterocycles. The van der Waals surface area contributed by atoms with Crippen LogP contribution in [0.25, 0.3) is 16.8 Å². The Labute approximate surface area is 181 Å². The van der Waals surface area contributed by atoms with Crippen LogP contribution in [0, 0.1) is 0 Å². The number of benzene rings is 3. The highest BCUT2D eigenvalue weighted by Gasteiger charge is 2.32. The second-order valence-electron chi connectivity index (χ2n) is 7.19. The van der Waals surface area contributed by atoms with Gasteiger partial charge in [-0.1, -0.05) is 54.6 Å². The molecule has 30 heavy (non-hydrogen) atoms. The molecule has 0 spiro atoms. The molecule has 0 bridgehead atoms. The van der Waals surface area contributed by atoms with Gasteiger partial charge in [0.2, 0.25) is 0 Å². The SMILES string of the molecule is C=CCN1C(=O)C(=Cc2ccc(N(C)C)cc2)SC1=Nc1cccc2ccccc12. The zero-order valence-corrected chi connectivity index (χ0v) is 17.9. The topological polar surface area (TPSA) is 35.9 Å². The van der Waals surface area contributed by atoms with E-state index in [2.05, 4.69) is 24.8 Å². The largest absolute Gasteiger partial charge is 0.378 e. The molecule has 150 valence electrons. The van der Waals surface area contributed by atoms with E-state index in [0.29, 0.717) is 16.6 Å². The third-order valence-electron chi connectivity index (χ3n) is 4.89. The maximum absolute atomic E-state index is 13.0. The number of nitrogens with zero attached hydrogens (tertiary/aromatic N) is 3. The minimum absolute atomic E-state index is 0.0458. The van der Waals surface area contributed by atoms with Gasteiger partial charge in [0.1, 0.15) is 0 Å². The van der Waals surface area contributed by atoms with Crippen LogP contribution >= 0.6 is 11.8 Å². The van der Waals surface area contributed by atoms with Crippen LogP contribution < -0.4 is 4.90 Å². The average Bonchev–Trinajstić information content (AvgIpc) is 3.03. The van der Waals surface area contributed by atoms with E-state index >= 15 is 0 Å². The molecule has 0 saturated carbocycles. The number of fused-ring (bicyclic) bond motifs is 1. The van der Waals surface area contributed by atoms with Crippen molar-refractivity contribution in [2.45, 2.75) is 0 Å². The summed E-state index contributed by atoms with van der Waals surface area (Å²) in [6.07, 6.45) is 3.65. The molecule has 3 aromatic rings. The lowest BCUT2D eigenvalue weighted by atomic mass is 10.1. The van der Waals surface area contributed by atoms with Crippen molar-refractivity contribution < 1.29 is 4.79 Å². The number of hydrogen-bond acceptors (Lipinski definition) is 4. The van der Waals surface area contributed by atoms with Gasteiger partial charge in [0, 0.05) is 31.7 Å². The molecule has 0 unspecified atom stereocenters. The zero-order valence-electron chi connectivity index (χ0n) is 17.1. The molecule has 0 aliphatic carbocycles. The lowest BCUT2D eigenvalue weighted by Crippen LogP contribution is -2.29. The van der Waals surface area contributed by atoms with Crippen molar-refractivity contribution in [3.05, 3.63) is 89.9 Å². The molecule has 0 radical (unpaired) electrons. The van der Waals surface area contributed by atoms with Gasteiger partial charge in [0.15, 0.2) is 5.17 Å². The molecule has 0 aromatic heterocycles. The van der Waals surface area contributed by atoms with Crippen LogP contribution in [0.5, 0.6) is 0 Å². The van der Waals surface area contributed by atoms with Crippen molar-refractivity contribution in [1.29, 1.82) is 0 Å². The number of rotatable bonds is 5. The van der Waals surface area contributed by atoms with Gasteiger partial charge in [-0.3, -0.25) is 9.69 Å². The second kappa shape index (κ2) is 8.59. The zero-order chi connectivity index (χ0) is 21.1. The Bertz CT molecular complexity index is 1160. The molecule has 1 fully saturated rings. The first-order valence-corrected chi connectivity index (χ1v) is 10.5. The Hall–Kier alpha value is -3.31. The van der Waals surface area contributed by atoms with Gasteiger partial charge in [-0.05, 0) is 47.0 Å². The standard InChI is InChI=1S/C25H23N3OS/c1-4-16-28-24(29)23(17-18-12-14-20(15-13-18)27(2)3)30-25(28)26-22-11-7-9-19-8-5-6-10-21(19)22/h4-15,17H,1,16H2,2-3H3. The summed E-state index contributed by atoms with van der Waals surface area (Å²) in [7, 11) is 4.01. The van der Waals surface area contributed by atoms with Gasteiger partial charge in [-0.2, -0.15) is 0 Å². The predicted octanol–water partition coefficient (Wildman–Crippen LogP) is 5.70. The second-order valence-corrected chi connectivity index (χ2v) is 8.20. The maximum atomic E-state index is 13.0. The first-order chi connectivity index (χ1) is 14.6. The fourth-order valence-electron chi connectivity index (χ4n) is 3.31. The van der Waals surface area contributed by atoms with E-state index in [1.165, 1.54) is 11.8 Å². The lowest BCUT2D eigenvalue weighted by Gasteiger charge is -2.13. The highest BCUT2D eigenvalue weighted by molar-refractivity contribution is 8.18. The van der Waals surface area contributed by atoms with Crippen LogP contribution in [0.3, 0.4) is 0 Å². The highest BCUT2D eigenvalue weighted by Crippen LogP contribution is 2.36. The summed E-state index contributed by atoms with van der Waals surface area (Å²) in [5.74, 6) is -0.0458. The Morgan fingerprint density at radius 2 is 1.77 bits per heavy atom. The van der Waals surface area contributed by atoms with Crippen LogP contribution in [-0.4, -0.2) is 36.6 Å². The van der Waals surface area contributed by atoms with Crippen molar-refractivity contribution in [3.8, 4) is 0 Å². The fraction of sp³-hybridized carbons (Fsp3) is 0.120. The summed E-state index contributed by atoms with van der Waals surface area (Å²) in [6, 6.07) is 22.3. The van der Waals surface area contributed by atoms with Crippen LogP contribution in [0.15, 0.2) is 89.3 Å². The van der Waals surface area contributed by atoms with Crippen LogP contribution in [-0.2, 0) is 4.79 Å². The monoisotopic (exact) mass is 413 g/mol. The van der Waals surface area contributed by atoms with Crippen molar-refractivity contribution >= 4 is 51.1 Å². The number of amidine groups is 1. The smallest absolute Gasteiger partial charge is 0.267 e. The number of carbonyl (C=O) groups is 1. The fourth-order valence-corrected chi connectivity index (χ4v) is 4.31. The van der Waals surface area contributed by atoms with Gasteiger partial charge in [0.05, 0.1) is 10.6 Å². The summed E-state index contributed by atoms with van der Waals surface area (Å²) >= 11 is 1.40. The van der Waals surface area contributed by atoms with E-state index in [1.807, 2.05) is 73.6 Å². The van der Waals surface area contributed by atoms with E-state index in [9.17, 15) is 4.79 Å². The molecular formula is C25H23N3OS. The third-order valence-corrected chi connectivity index (χ3v) is 5.90. The molecule has 3 aromatic carbocycles. The minimum atomic E-state index is -0.0458. The molecule has 1 saturated heterocycles. The highest BCUT2D eigenvalue weighted by atomic mass is 32.2. The van der Waals surface area contributed by atoms with Gasteiger partial charge < -0.3 is 4.90 Å². The Balaban J connectivity index is 1.70. The molecule has 1 amide bonds. The van der Waals surface area contributed by atoms with Gasteiger partial charge in [0.25, 0.3) is 5.91 Å². The van der Waals surface area contributed by atoms with Crippen LogP contribution in [0.4, 0.5) is 11.4 Å². The maximum Gasteiger partial charge on any atom is 0.267 e. The normalized spacial score (nSPS) is 16.6. The minimum Gasteiger partial charge on any atom is -0.378 e. The third kappa shape index (κ3) is 4.02. The van der Waals surface area contributed by atoms with Crippen molar-refractivity contribution in [3.63, 3.8) is 0 Å². The summed E-state index contributed by atoms with van der Waals surface area (Å²) in [4.78, 5) is 22.3. The summed E-state index contributed by atoms with van der Waals surface area (Å²) in [5, 5.41) is 2.86. The van der Waals surface area contributed by atoms with E-state index < -0.39 is 0 Å². The van der Waals surface area contributed by atoms with Crippen molar-refractivity contribution in [2.75, 3.05) is 25.5 Å². The molecule has 0 N–H and O–H groups in total. The number of carbonyl (C=O) groups excluding carboxylic acids is 1. The van der Waals surface area contributed by atoms with Gasteiger partial charge in [-0.15, -0.1) is 6.58 Å². The van der Waals surface area contributed by atoms with Crippen molar-refractivity contribution in [2.24, 2.45) is 4.99 Å². The van der Waals surface area contributed by atoms with E-state index in [-0.39, 0.29) is 5.91 Å². The average molecular weight is 414 g/mol. The molecule has 4 nitrogen and oxygen atoms in total. The predicted molar refractivity (Wildman–Crippen MR) is 129 cm³/mol. The van der Waals surface area contributed by atoms with Gasteiger partial charge >= 0.3 is 0 Å².